The second-order valence-corrected chi connectivity index (χ2v) is 7.85. The second-order valence-electron chi connectivity index (χ2n) is 6.95. The van der Waals surface area contributed by atoms with Crippen LogP contribution < -0.4 is 0 Å². The van der Waals surface area contributed by atoms with Crippen LogP contribution in [0, 0.1) is 0 Å². The molecule has 0 unspecified atom stereocenters. The van der Waals surface area contributed by atoms with Gasteiger partial charge < -0.3 is 25.2 Å². The highest BCUT2D eigenvalue weighted by molar-refractivity contribution is 7.79. The van der Waals surface area contributed by atoms with Gasteiger partial charge in [0.15, 0.2) is 0 Å². The molecule has 0 radical (unpaired) electrons. The maximum atomic E-state index is 9.18. The highest BCUT2D eigenvalue weighted by atomic mass is 32.3. The summed E-state index contributed by atoms with van der Waals surface area (Å²) in [4.78, 5) is 9.00. The summed E-state index contributed by atoms with van der Waals surface area (Å²) in [6.45, 7) is 0. The quantitative estimate of drug-likeness (QED) is 0.146. The minimum Gasteiger partial charge on any atom is -0.506 e. The van der Waals surface area contributed by atoms with E-state index in [0.29, 0.717) is 11.5 Å². The number of nitrogens with one attached hydrogen (secondary N) is 3. The van der Waals surface area contributed by atoms with Crippen molar-refractivity contribution in [3.63, 3.8) is 0 Å². The van der Waals surface area contributed by atoms with E-state index >= 15 is 0 Å². The van der Waals surface area contributed by atoms with Crippen LogP contribution in [0.2, 0.25) is 0 Å². The number of aromatic nitrogens is 3. The Bertz CT molecular complexity index is 1470. The first kappa shape index (κ1) is 24.4. The summed E-state index contributed by atoms with van der Waals surface area (Å²) < 4.78 is 31.6. The van der Waals surface area contributed by atoms with E-state index in [0.717, 1.165) is 21.8 Å². The summed E-state index contributed by atoms with van der Waals surface area (Å²) in [5.41, 5.74) is 3.15. The molecule has 6 rings (SSSR count). The Labute approximate surface area is 194 Å². The number of benzene rings is 3. The van der Waals surface area contributed by atoms with Crippen molar-refractivity contribution < 1.29 is 27.7 Å². The Morgan fingerprint density at radius 1 is 0.559 bits per heavy atom. The molecule has 0 amide bonds. The fraction of sp³-hybridized carbons (Fsp3) is 0. The Kier molecular flexibility index (Phi) is 7.93. The lowest BCUT2D eigenvalue weighted by Gasteiger charge is -1.86. The van der Waals surface area contributed by atoms with Gasteiger partial charge in [-0.3, -0.25) is 9.11 Å². The summed E-state index contributed by atoms with van der Waals surface area (Å²) in [5, 5.41) is 21.4. The van der Waals surface area contributed by atoms with E-state index in [-0.39, 0.29) is 0 Å². The van der Waals surface area contributed by atoms with Gasteiger partial charge in [0.2, 0.25) is 0 Å². The molecule has 3 aromatic carbocycles. The summed E-state index contributed by atoms with van der Waals surface area (Å²) in [7, 11) is -4.67. The average Bonchev–Trinajstić information content (AvgIpc) is 3.53. The van der Waals surface area contributed by atoms with Crippen molar-refractivity contribution in [1.29, 1.82) is 0 Å². The highest BCUT2D eigenvalue weighted by Crippen LogP contribution is 2.23. The molecule has 0 atom stereocenters. The fourth-order valence-electron chi connectivity index (χ4n) is 3.11. The Morgan fingerprint density at radius 3 is 1.41 bits per heavy atom. The van der Waals surface area contributed by atoms with E-state index in [9.17, 15) is 10.2 Å². The SMILES string of the molecule is O=S(=O)(O)O.Oc1c[nH]c2ccccc12.Oc1c[nH]c2ccccc12.c1ccc2[nH]ccc2c1. The topological polar surface area (TPSA) is 162 Å². The molecule has 34 heavy (non-hydrogen) atoms. The van der Waals surface area contributed by atoms with Gasteiger partial charge in [-0.1, -0.05) is 42.5 Å². The van der Waals surface area contributed by atoms with Crippen LogP contribution >= 0.6 is 0 Å². The van der Waals surface area contributed by atoms with E-state index in [1.165, 1.54) is 10.9 Å². The molecule has 3 aromatic heterocycles. The molecule has 0 aliphatic carbocycles. The van der Waals surface area contributed by atoms with Crippen LogP contribution in [0.4, 0.5) is 0 Å². The zero-order valence-electron chi connectivity index (χ0n) is 17.8. The molecule has 0 saturated carbocycles. The van der Waals surface area contributed by atoms with Crippen molar-refractivity contribution in [2.45, 2.75) is 0 Å². The third kappa shape index (κ3) is 7.14. The summed E-state index contributed by atoms with van der Waals surface area (Å²) in [6, 6.07) is 25.5. The number of aromatic hydroxyl groups is 2. The number of hydrogen-bond acceptors (Lipinski definition) is 4. The van der Waals surface area contributed by atoms with Crippen LogP contribution in [0.25, 0.3) is 32.7 Å². The molecular formula is C24H23N3O6S. The predicted molar refractivity (Wildman–Crippen MR) is 132 cm³/mol. The van der Waals surface area contributed by atoms with Gasteiger partial charge in [-0.15, -0.1) is 0 Å². The molecule has 0 spiro atoms. The molecule has 7 N–H and O–H groups in total. The van der Waals surface area contributed by atoms with Crippen molar-refractivity contribution in [1.82, 2.24) is 15.0 Å². The molecule has 176 valence electrons. The van der Waals surface area contributed by atoms with Crippen molar-refractivity contribution in [2.75, 3.05) is 0 Å². The van der Waals surface area contributed by atoms with Gasteiger partial charge in [-0.05, 0) is 41.8 Å². The maximum absolute atomic E-state index is 9.18. The number of rotatable bonds is 0. The normalized spacial score (nSPS) is 10.5. The first-order valence-corrected chi connectivity index (χ1v) is 11.3. The summed E-state index contributed by atoms with van der Waals surface area (Å²) in [6.07, 6.45) is 5.12. The van der Waals surface area contributed by atoms with Gasteiger partial charge >= 0.3 is 10.4 Å². The van der Waals surface area contributed by atoms with E-state index in [1.54, 1.807) is 12.4 Å². The smallest absolute Gasteiger partial charge is 0.394 e. The summed E-state index contributed by atoms with van der Waals surface area (Å²) in [5.74, 6) is 0.631. The van der Waals surface area contributed by atoms with E-state index in [2.05, 4.69) is 33.2 Å². The van der Waals surface area contributed by atoms with Gasteiger partial charge in [-0.25, -0.2) is 0 Å². The number of fused-ring (bicyclic) bond motifs is 3. The lowest BCUT2D eigenvalue weighted by atomic mass is 10.2. The third-order valence-electron chi connectivity index (χ3n) is 4.60. The minimum atomic E-state index is -4.67. The number of para-hydroxylation sites is 3. The second kappa shape index (κ2) is 11.1. The Morgan fingerprint density at radius 2 is 0.971 bits per heavy atom. The van der Waals surface area contributed by atoms with Crippen LogP contribution in [0.15, 0.2) is 97.5 Å². The van der Waals surface area contributed by atoms with Gasteiger partial charge in [-0.2, -0.15) is 8.42 Å². The Balaban J connectivity index is 0.000000131. The molecule has 0 aliphatic heterocycles. The van der Waals surface area contributed by atoms with Gasteiger partial charge in [0, 0.05) is 45.9 Å². The van der Waals surface area contributed by atoms with E-state index in [1.807, 2.05) is 66.9 Å². The molecule has 0 aliphatic rings. The Hall–Kier alpha value is -4.25. The van der Waals surface area contributed by atoms with Crippen LogP contribution in [0.3, 0.4) is 0 Å². The molecule has 3 heterocycles. The highest BCUT2D eigenvalue weighted by Gasteiger charge is 1.98. The van der Waals surface area contributed by atoms with E-state index in [4.69, 9.17) is 17.5 Å². The molecule has 9 nitrogen and oxygen atoms in total. The third-order valence-corrected chi connectivity index (χ3v) is 4.60. The minimum absolute atomic E-state index is 0.315. The van der Waals surface area contributed by atoms with Crippen LogP contribution in [-0.2, 0) is 10.4 Å². The average molecular weight is 482 g/mol. The molecule has 0 bridgehead atoms. The zero-order chi connectivity index (χ0) is 24.6. The van der Waals surface area contributed by atoms with E-state index < -0.39 is 10.4 Å². The monoisotopic (exact) mass is 481 g/mol. The maximum Gasteiger partial charge on any atom is 0.394 e. The largest absolute Gasteiger partial charge is 0.506 e. The zero-order valence-corrected chi connectivity index (χ0v) is 18.6. The van der Waals surface area contributed by atoms with Gasteiger partial charge in [0.05, 0.1) is 0 Å². The van der Waals surface area contributed by atoms with Crippen LogP contribution in [0.5, 0.6) is 11.5 Å². The van der Waals surface area contributed by atoms with Crippen LogP contribution in [0.1, 0.15) is 0 Å². The lowest BCUT2D eigenvalue weighted by molar-refractivity contribution is 0.381. The lowest BCUT2D eigenvalue weighted by Crippen LogP contribution is -1.89. The molecule has 0 saturated heterocycles. The standard InChI is InChI=1S/2C8H7NO.C8H7N.H2O4S/c2*10-8-5-9-7-4-2-1-3-6(7)8;1-2-4-8-7(3-1)5-6-9-8;1-5(2,3)4/h2*1-5,9-10H;1-6,9H;(H2,1,2,3,4). The van der Waals surface area contributed by atoms with Crippen molar-refractivity contribution in [3.8, 4) is 11.5 Å². The molecular weight excluding hydrogens is 458 g/mol. The van der Waals surface area contributed by atoms with Crippen molar-refractivity contribution >= 4 is 43.1 Å². The number of hydrogen-bond donors (Lipinski definition) is 7. The predicted octanol–water partition coefficient (Wildman–Crippen LogP) is 5.26. The van der Waals surface area contributed by atoms with Crippen LogP contribution in [-0.4, -0.2) is 42.7 Å². The number of aromatic amines is 3. The summed E-state index contributed by atoms with van der Waals surface area (Å²) >= 11 is 0. The van der Waals surface area contributed by atoms with Crippen molar-refractivity contribution in [3.05, 3.63) is 97.5 Å². The molecule has 6 aromatic rings. The van der Waals surface area contributed by atoms with Gasteiger partial charge in [0.1, 0.15) is 11.5 Å². The fourth-order valence-corrected chi connectivity index (χ4v) is 3.11. The first-order chi connectivity index (χ1) is 16.2. The number of H-pyrrole nitrogens is 3. The molecule has 10 heteroatoms. The molecule has 0 fully saturated rings. The van der Waals surface area contributed by atoms with Crippen molar-refractivity contribution in [2.24, 2.45) is 0 Å². The van der Waals surface area contributed by atoms with Gasteiger partial charge in [0.25, 0.3) is 0 Å². The first-order valence-electron chi connectivity index (χ1n) is 9.94.